The predicted molar refractivity (Wildman–Crippen MR) is 292 cm³/mol. The zero-order valence-corrected chi connectivity index (χ0v) is 40.2. The maximum Gasteiger partial charge on any atom is 0.488 e. The number of fused-ring (bicyclic) bond motifs is 12. The third-order valence-corrected chi connectivity index (χ3v) is 15.3. The van der Waals surface area contributed by atoms with Crippen LogP contribution in [0.4, 0.5) is 0 Å². The van der Waals surface area contributed by atoms with Gasteiger partial charge < -0.3 is 18.9 Å². The number of furan rings is 2. The molecule has 6 aromatic heterocycles. The molecule has 0 saturated heterocycles. The molecule has 0 aliphatic rings. The maximum atomic E-state index is 9.38. The van der Waals surface area contributed by atoms with Gasteiger partial charge in [-0.2, -0.15) is 0 Å². The fraction of sp³-hybridized carbons (Fsp3) is 0. The Morgan fingerprint density at radius 2 is 0.929 bits per heavy atom. The molecule has 0 atom stereocenters. The summed E-state index contributed by atoms with van der Waals surface area (Å²) >= 11 is 21.6. The number of thiophene rings is 2. The van der Waals surface area contributed by atoms with Gasteiger partial charge in [0.15, 0.2) is 16.3 Å². The van der Waals surface area contributed by atoms with Crippen molar-refractivity contribution in [3.05, 3.63) is 198 Å². The van der Waals surface area contributed by atoms with Gasteiger partial charge in [0.25, 0.3) is 0 Å². The summed E-state index contributed by atoms with van der Waals surface area (Å²) in [5.74, 6) is 0. The van der Waals surface area contributed by atoms with Crippen LogP contribution in [0, 0.1) is 0 Å². The summed E-state index contributed by atoms with van der Waals surface area (Å²) in [6, 6.07) is 56.6. The van der Waals surface area contributed by atoms with E-state index in [4.69, 9.17) is 43.6 Å². The van der Waals surface area contributed by atoms with E-state index >= 15 is 0 Å². The number of rotatable bonds is 4. The Balaban J connectivity index is 0.000000117. The average molecular weight is 1010 g/mol. The highest BCUT2D eigenvalue weighted by molar-refractivity contribution is 7.26. The smallest absolute Gasteiger partial charge is 0.452 e. The van der Waals surface area contributed by atoms with Crippen molar-refractivity contribution in [1.29, 1.82) is 0 Å². The van der Waals surface area contributed by atoms with E-state index in [0.29, 0.717) is 42.9 Å². The first-order valence-corrected chi connectivity index (χ1v) is 24.7. The van der Waals surface area contributed by atoms with Gasteiger partial charge in [0.05, 0.1) is 0 Å². The van der Waals surface area contributed by atoms with E-state index in [-0.39, 0.29) is 0 Å². The van der Waals surface area contributed by atoms with Gasteiger partial charge in [-0.15, -0.1) is 22.7 Å². The van der Waals surface area contributed by atoms with Crippen molar-refractivity contribution in [1.82, 2.24) is 19.9 Å². The van der Waals surface area contributed by atoms with E-state index in [2.05, 4.69) is 129 Å². The van der Waals surface area contributed by atoms with Crippen LogP contribution in [-0.2, 0) is 0 Å². The Kier molecular flexibility index (Phi) is 11.5. The lowest BCUT2D eigenvalue weighted by Gasteiger charge is -2.07. The van der Waals surface area contributed by atoms with Gasteiger partial charge in [-0.1, -0.05) is 150 Å². The topological polar surface area (TPSA) is 118 Å². The molecule has 8 nitrogen and oxygen atoms in total. The second kappa shape index (κ2) is 18.3. The molecule has 8 aromatic carbocycles. The van der Waals surface area contributed by atoms with Gasteiger partial charge in [0.2, 0.25) is 0 Å². The molecule has 6 heterocycles. The van der Waals surface area contributed by atoms with E-state index in [0.717, 1.165) is 49.8 Å². The van der Waals surface area contributed by atoms with Gasteiger partial charge in [0, 0.05) is 66.7 Å². The molecule has 2 N–H and O–H groups in total. The number of benzene rings is 8. The molecule has 336 valence electrons. The van der Waals surface area contributed by atoms with Crippen LogP contribution in [0.2, 0.25) is 15.2 Å². The van der Waals surface area contributed by atoms with Gasteiger partial charge in [-0.25, -0.2) is 19.9 Å². The monoisotopic (exact) mass is 1000 g/mol. The van der Waals surface area contributed by atoms with Crippen molar-refractivity contribution in [2.24, 2.45) is 0 Å². The lowest BCUT2D eigenvalue weighted by atomic mass is 9.79. The summed E-state index contributed by atoms with van der Waals surface area (Å²) in [6.45, 7) is 0. The Labute approximate surface area is 421 Å². The fourth-order valence-electron chi connectivity index (χ4n) is 8.92. The summed E-state index contributed by atoms with van der Waals surface area (Å²) in [6.07, 6.45) is 2.99. The first-order valence-electron chi connectivity index (χ1n) is 21.9. The molecule has 0 bridgehead atoms. The summed E-state index contributed by atoms with van der Waals surface area (Å²) in [4.78, 5) is 17.0. The minimum atomic E-state index is -1.44. The second-order valence-electron chi connectivity index (χ2n) is 16.4. The number of hydrogen-bond donors (Lipinski definition) is 2. The molecule has 0 aliphatic carbocycles. The van der Waals surface area contributed by atoms with Crippen molar-refractivity contribution in [3.63, 3.8) is 0 Å². The first-order chi connectivity index (χ1) is 34.3. The van der Waals surface area contributed by atoms with Crippen LogP contribution in [0.3, 0.4) is 0 Å². The minimum Gasteiger partial charge on any atom is -0.452 e. The highest BCUT2D eigenvalue weighted by Crippen LogP contribution is 2.42. The van der Waals surface area contributed by atoms with E-state index < -0.39 is 7.12 Å². The second-order valence-corrected chi connectivity index (χ2v) is 19.7. The molecule has 0 unspecified atom stereocenters. The Morgan fingerprint density at radius 1 is 0.429 bits per heavy atom. The van der Waals surface area contributed by atoms with Crippen LogP contribution < -0.4 is 5.46 Å². The van der Waals surface area contributed by atoms with Crippen LogP contribution >= 0.6 is 57.5 Å². The first kappa shape index (κ1) is 44.1. The molecule has 70 heavy (non-hydrogen) atoms. The number of nitrogens with zero attached hydrogens (tertiary/aromatic N) is 4. The van der Waals surface area contributed by atoms with Gasteiger partial charge in [-0.05, 0) is 82.3 Å². The minimum absolute atomic E-state index is 0.312. The third kappa shape index (κ3) is 8.01. The van der Waals surface area contributed by atoms with Crippen LogP contribution in [0.5, 0.6) is 0 Å². The van der Waals surface area contributed by atoms with Crippen molar-refractivity contribution < 1.29 is 18.9 Å². The van der Waals surface area contributed by atoms with Crippen LogP contribution in [0.15, 0.2) is 191 Å². The number of aromatic nitrogens is 4. The van der Waals surface area contributed by atoms with E-state index in [1.165, 1.54) is 52.2 Å². The van der Waals surface area contributed by atoms with Crippen molar-refractivity contribution >= 4 is 155 Å². The molecule has 0 radical (unpaired) electrons. The third-order valence-electron chi connectivity index (χ3n) is 12.1. The highest BCUT2D eigenvalue weighted by Gasteiger charge is 2.18. The van der Waals surface area contributed by atoms with E-state index in [1.54, 1.807) is 41.9 Å². The molecule has 0 fully saturated rings. The normalized spacial score (nSPS) is 11.5. The zero-order valence-electron chi connectivity index (χ0n) is 36.3. The van der Waals surface area contributed by atoms with Gasteiger partial charge in [-0.3, -0.25) is 0 Å². The molecule has 14 aromatic rings. The zero-order chi connectivity index (χ0) is 47.5. The summed E-state index contributed by atoms with van der Waals surface area (Å²) in [5.41, 5.74) is 10.9. The van der Waals surface area contributed by atoms with Gasteiger partial charge >= 0.3 is 7.12 Å². The van der Waals surface area contributed by atoms with Crippen LogP contribution in [-0.4, -0.2) is 37.1 Å². The van der Waals surface area contributed by atoms with Crippen LogP contribution in [0.1, 0.15) is 0 Å². The maximum absolute atomic E-state index is 9.38. The molecule has 0 saturated carbocycles. The Hall–Kier alpha value is -7.19. The number of halogens is 3. The molecular weight excluding hydrogens is 974 g/mol. The predicted octanol–water partition coefficient (Wildman–Crippen LogP) is 15.8. The molecule has 14 rings (SSSR count). The Bertz CT molecular complexity index is 4320. The Morgan fingerprint density at radius 3 is 1.54 bits per heavy atom. The quantitative estimate of drug-likeness (QED) is 0.132. The molecule has 14 heteroatoms. The van der Waals surface area contributed by atoms with Crippen LogP contribution in [0.25, 0.3) is 118 Å². The number of hydrogen-bond acceptors (Lipinski definition) is 10. The lowest BCUT2D eigenvalue weighted by molar-refractivity contribution is 0.426. The summed E-state index contributed by atoms with van der Waals surface area (Å²) in [5, 5.41) is 27.2. The summed E-state index contributed by atoms with van der Waals surface area (Å²) < 4.78 is 16.8. The van der Waals surface area contributed by atoms with Gasteiger partial charge in [0.1, 0.15) is 40.5 Å². The molecule has 0 amide bonds. The fourth-order valence-corrected chi connectivity index (χ4v) is 11.9. The van der Waals surface area contributed by atoms with Crippen molar-refractivity contribution in [2.75, 3.05) is 0 Å². The molecule has 0 aliphatic heterocycles. The highest BCUT2D eigenvalue weighted by atomic mass is 35.5. The van der Waals surface area contributed by atoms with Crippen molar-refractivity contribution in [2.45, 2.75) is 0 Å². The van der Waals surface area contributed by atoms with E-state index in [9.17, 15) is 10.0 Å². The van der Waals surface area contributed by atoms with E-state index in [1.807, 2.05) is 47.7 Å². The van der Waals surface area contributed by atoms with Crippen molar-refractivity contribution in [3.8, 4) is 33.5 Å². The largest absolute Gasteiger partial charge is 0.488 e. The summed E-state index contributed by atoms with van der Waals surface area (Å²) in [7, 11) is -1.44. The SMILES string of the molecule is Clc1ccc2oc3c(-c4cccc(-c5cccc6c5sc5ccccc56)c4)ncnc3c2c1.Clc1ccc2oc3c(Cl)ncnc3c2c1.OB(O)c1cccc(-c2cccc3c2sc2ccccc23)c1. The lowest BCUT2D eigenvalue weighted by Crippen LogP contribution is -2.29. The molecule has 0 spiro atoms. The average Bonchev–Trinajstić information content (AvgIpc) is 4.17. The standard InChI is InChI=1S/C28H15ClN2OS.C18H13BO2S.C10H4Cl2N2O/c29-18-11-12-23-22(14-18)26-27(32-23)25(30-15-31-26)17-6-3-5-16(13-17)19-8-4-9-21-20-7-1-2-10-24(20)33-28(19)21;20-19(21)13-6-3-5-12(11-13)14-8-4-9-16-15-7-1-2-10-17(15)22-18(14)16;11-5-1-2-7-6(3-5)8-9(15-7)10(12)14-4-13-8/h1-15H;1-11,20-21H;1-4H. The molecular formula is C56H32BCl3N4O4S2.